The standard InChI is InChI=1S/C76H110O14Si6/c1-91(2,3)87-95(11,12)89-93(7,8)58-31-27-23-19-15-17-21-25-29-56-81-67-46-38-62(39-47-67)73(77)84-70-52-42-64(43-53-70)75(79)83-69-50-36-61(37-51-69)66-34-33-35-72(60-66)86-76(80)65-44-54-71(55-45-65)85-74(78)63-40-48-68(49-41-63)82-57-30-26-22-18-16-20-24-28-32-59-94(9,10)90-96(13,14)88-92(4,5)6/h33-55,60H,15-32,56-59H2,1-14H3. The lowest BCUT2D eigenvalue weighted by Crippen LogP contribution is -2.51. The molecule has 20 heteroatoms. The number of unbranched alkanes of at least 4 members (excludes halogenated alkanes) is 16. The fourth-order valence-electron chi connectivity index (χ4n) is 11.9. The first kappa shape index (κ1) is 78.9. The summed E-state index contributed by atoms with van der Waals surface area (Å²) in [5.74, 6) is 0.412. The predicted octanol–water partition coefficient (Wildman–Crippen LogP) is 21.6. The number of rotatable bonds is 43. The summed E-state index contributed by atoms with van der Waals surface area (Å²) in [5.41, 5.74) is 2.88. The van der Waals surface area contributed by atoms with Crippen LogP contribution < -0.4 is 28.4 Å². The fourth-order valence-corrected chi connectivity index (χ4v) is 38.5. The second-order valence-corrected chi connectivity index (χ2v) is 54.6. The van der Waals surface area contributed by atoms with Crippen LogP contribution in [-0.2, 0) is 16.5 Å². The topological polar surface area (TPSA) is 161 Å². The lowest BCUT2D eigenvalue weighted by Gasteiger charge is -2.37. The Bertz CT molecular complexity index is 3320. The van der Waals surface area contributed by atoms with Gasteiger partial charge in [-0.05, 0) is 249 Å². The monoisotopic (exact) mass is 1410 g/mol. The molecule has 522 valence electrons. The molecule has 0 saturated carbocycles. The maximum absolute atomic E-state index is 13.2. The molecule has 6 aromatic carbocycles. The Morgan fingerprint density at radius 2 is 0.542 bits per heavy atom. The van der Waals surface area contributed by atoms with Gasteiger partial charge in [-0.25, -0.2) is 19.2 Å². The maximum atomic E-state index is 13.2. The van der Waals surface area contributed by atoms with Crippen molar-refractivity contribution >= 4 is 74.3 Å². The molecule has 0 aliphatic carbocycles. The van der Waals surface area contributed by atoms with Gasteiger partial charge in [0.05, 0.1) is 35.5 Å². The van der Waals surface area contributed by atoms with Crippen molar-refractivity contribution in [3.63, 3.8) is 0 Å². The molecule has 0 radical (unpaired) electrons. The maximum Gasteiger partial charge on any atom is 0.343 e. The van der Waals surface area contributed by atoms with Crippen LogP contribution in [0.5, 0.6) is 34.5 Å². The van der Waals surface area contributed by atoms with Gasteiger partial charge in [-0.1, -0.05) is 127 Å². The van der Waals surface area contributed by atoms with Gasteiger partial charge >= 0.3 is 41.0 Å². The summed E-state index contributed by atoms with van der Waals surface area (Å²) in [6.45, 7) is 32.9. The van der Waals surface area contributed by atoms with E-state index >= 15 is 0 Å². The molecule has 96 heavy (non-hydrogen) atoms. The second-order valence-electron chi connectivity index (χ2n) is 29.2. The van der Waals surface area contributed by atoms with Crippen LogP contribution in [0.2, 0.25) is 104 Å². The van der Waals surface area contributed by atoms with Gasteiger partial charge in [-0.3, -0.25) is 0 Å². The molecular weight excluding hydrogens is 1310 g/mol. The van der Waals surface area contributed by atoms with E-state index in [1.807, 2.05) is 6.07 Å². The highest BCUT2D eigenvalue weighted by Crippen LogP contribution is 2.31. The quantitative estimate of drug-likeness (QED) is 0.0154. The molecule has 0 atom stereocenters. The molecule has 0 aromatic heterocycles. The van der Waals surface area contributed by atoms with Gasteiger partial charge in [0, 0.05) is 0 Å². The van der Waals surface area contributed by atoms with Crippen LogP contribution in [0.25, 0.3) is 11.1 Å². The molecule has 0 spiro atoms. The average molecular weight is 1420 g/mol. The molecule has 6 aromatic rings. The van der Waals surface area contributed by atoms with E-state index in [2.05, 4.69) is 91.7 Å². The first-order valence-corrected chi connectivity index (χ1v) is 53.6. The van der Waals surface area contributed by atoms with Crippen LogP contribution in [-0.4, -0.2) is 87.5 Å². The first-order valence-electron chi connectivity index (χ1n) is 35.0. The zero-order valence-corrected chi connectivity index (χ0v) is 66.1. The number of esters is 4. The lowest BCUT2D eigenvalue weighted by atomic mass is 10.1. The Kier molecular flexibility index (Phi) is 31.5. The van der Waals surface area contributed by atoms with Gasteiger partial charge in [0.15, 0.2) is 33.3 Å². The summed E-state index contributed by atoms with van der Waals surface area (Å²) in [4.78, 5) is 52.3. The van der Waals surface area contributed by atoms with Crippen molar-refractivity contribution in [3.05, 3.63) is 168 Å². The minimum Gasteiger partial charge on any atom is -0.494 e. The van der Waals surface area contributed by atoms with E-state index in [9.17, 15) is 19.2 Å². The van der Waals surface area contributed by atoms with Gasteiger partial charge in [0.2, 0.25) is 0 Å². The van der Waals surface area contributed by atoms with E-state index < -0.39 is 74.3 Å². The number of hydrogen-bond donors (Lipinski definition) is 0. The number of carbonyl (C=O) groups excluding carboxylic acids is 4. The molecule has 0 heterocycles. The van der Waals surface area contributed by atoms with E-state index in [1.54, 1.807) is 140 Å². The normalized spacial score (nSPS) is 12.3. The van der Waals surface area contributed by atoms with Gasteiger partial charge < -0.3 is 44.9 Å². The summed E-state index contributed by atoms with van der Waals surface area (Å²) in [5, 5.41) is 0. The first-order chi connectivity index (χ1) is 45.4. The van der Waals surface area contributed by atoms with Crippen molar-refractivity contribution in [2.24, 2.45) is 0 Å². The van der Waals surface area contributed by atoms with Crippen LogP contribution in [0.1, 0.15) is 157 Å². The zero-order chi connectivity index (χ0) is 69.8. The van der Waals surface area contributed by atoms with Crippen LogP contribution in [0, 0.1) is 0 Å². The largest absolute Gasteiger partial charge is 0.494 e. The third-order valence-electron chi connectivity index (χ3n) is 15.8. The Morgan fingerprint density at radius 3 is 0.854 bits per heavy atom. The summed E-state index contributed by atoms with van der Waals surface area (Å²) >= 11 is 0. The Morgan fingerprint density at radius 1 is 0.271 bits per heavy atom. The van der Waals surface area contributed by atoms with Crippen LogP contribution in [0.4, 0.5) is 0 Å². The summed E-state index contributed by atoms with van der Waals surface area (Å²) in [6, 6.07) is 42.6. The molecular formula is C76H110O14Si6. The highest BCUT2D eigenvalue weighted by atomic mass is 28.5. The molecule has 0 aliphatic heterocycles. The molecule has 6 rings (SSSR count). The van der Waals surface area contributed by atoms with E-state index in [1.165, 1.54) is 102 Å². The van der Waals surface area contributed by atoms with Crippen molar-refractivity contribution in [3.8, 4) is 45.6 Å². The minimum atomic E-state index is -2.07. The minimum absolute atomic E-state index is 0.274. The highest BCUT2D eigenvalue weighted by Gasteiger charge is 2.39. The van der Waals surface area contributed by atoms with E-state index in [0.717, 1.165) is 36.8 Å². The van der Waals surface area contributed by atoms with Crippen molar-refractivity contribution in [2.75, 3.05) is 13.2 Å². The van der Waals surface area contributed by atoms with Crippen LogP contribution in [0.3, 0.4) is 0 Å². The Hall–Kier alpha value is -6.06. The predicted molar refractivity (Wildman–Crippen MR) is 402 cm³/mol. The number of benzene rings is 6. The number of carbonyl (C=O) groups is 4. The molecule has 0 amide bonds. The van der Waals surface area contributed by atoms with Gasteiger partial charge in [0.25, 0.3) is 0 Å². The third-order valence-corrected chi connectivity index (χ3v) is 36.1. The second kappa shape index (κ2) is 38.3. The molecule has 0 saturated heterocycles. The van der Waals surface area contributed by atoms with E-state index in [4.69, 9.17) is 44.9 Å². The molecule has 0 bridgehead atoms. The summed E-state index contributed by atoms with van der Waals surface area (Å²) < 4.78 is 60.7. The van der Waals surface area contributed by atoms with Gasteiger partial charge in [-0.15, -0.1) is 0 Å². The molecule has 0 N–H and O–H groups in total. The molecule has 0 fully saturated rings. The van der Waals surface area contributed by atoms with Crippen LogP contribution >= 0.6 is 0 Å². The summed E-state index contributed by atoms with van der Waals surface area (Å²) in [6.07, 6.45) is 21.8. The smallest absolute Gasteiger partial charge is 0.343 e. The molecule has 14 nitrogen and oxygen atoms in total. The Labute approximate surface area is 580 Å². The van der Waals surface area contributed by atoms with Crippen molar-refractivity contribution in [1.29, 1.82) is 0 Å². The zero-order valence-electron chi connectivity index (χ0n) is 60.1. The van der Waals surface area contributed by atoms with Crippen molar-refractivity contribution in [2.45, 2.75) is 219 Å². The summed E-state index contributed by atoms with van der Waals surface area (Å²) in [7, 11) is -10.8. The molecule has 0 aliphatic rings. The lowest BCUT2D eigenvalue weighted by molar-refractivity contribution is 0.0720. The van der Waals surface area contributed by atoms with Gasteiger partial charge in [-0.2, -0.15) is 0 Å². The Balaban J connectivity index is 0.804. The van der Waals surface area contributed by atoms with E-state index in [-0.39, 0.29) is 22.6 Å². The number of ether oxygens (including phenoxy) is 6. The van der Waals surface area contributed by atoms with Crippen molar-refractivity contribution in [1.82, 2.24) is 0 Å². The molecule has 0 unspecified atom stereocenters. The van der Waals surface area contributed by atoms with Crippen molar-refractivity contribution < 1.29 is 64.1 Å². The third kappa shape index (κ3) is 31.2. The average Bonchev–Trinajstić information content (AvgIpc) is 0.931. The number of hydrogen-bond acceptors (Lipinski definition) is 14. The van der Waals surface area contributed by atoms with Crippen LogP contribution in [0.15, 0.2) is 146 Å². The highest BCUT2D eigenvalue weighted by molar-refractivity contribution is 6.88. The SMILES string of the molecule is C[Si](C)(C)O[Si](C)(C)O[Si](C)(C)CCCCCCCCCCCOc1ccc(C(=O)Oc2ccc(C(=O)Oc3ccc(-c4cccc(OC(=O)c5ccc(OC(=O)c6ccc(OCCCCCCCCCCC[Si](C)(C)O[Si](C)(C)O[Si](C)(C)C)cc6)cc5)c4)cc3)cc2)cc1. The fraction of sp³-hybridized carbons (Fsp3) is 0.474. The van der Waals surface area contributed by atoms with E-state index in [0.29, 0.717) is 47.3 Å². The van der Waals surface area contributed by atoms with Gasteiger partial charge in [0.1, 0.15) is 34.5 Å².